The van der Waals surface area contributed by atoms with Crippen LogP contribution in [0.25, 0.3) is 0 Å². The van der Waals surface area contributed by atoms with Crippen molar-refractivity contribution >= 4 is 28.8 Å². The van der Waals surface area contributed by atoms with Crippen molar-refractivity contribution in [2.75, 3.05) is 18.5 Å². The summed E-state index contributed by atoms with van der Waals surface area (Å²) in [5.74, 6) is 0.376. The van der Waals surface area contributed by atoms with Crippen LogP contribution in [0.2, 0.25) is 0 Å². The zero-order valence-electron chi connectivity index (χ0n) is 13.5. The first kappa shape index (κ1) is 16.5. The van der Waals surface area contributed by atoms with E-state index in [1.807, 2.05) is 29.6 Å². The van der Waals surface area contributed by atoms with Crippen LogP contribution in [0.15, 0.2) is 41.8 Å². The van der Waals surface area contributed by atoms with Crippen molar-refractivity contribution in [3.05, 3.63) is 46.7 Å². The Hall–Kier alpha value is -2.34. The second-order valence-corrected chi connectivity index (χ2v) is 6.66. The summed E-state index contributed by atoms with van der Waals surface area (Å²) < 4.78 is 5.72. The minimum absolute atomic E-state index is 0.0243. The maximum atomic E-state index is 12.7. The Morgan fingerprint density at radius 1 is 1.29 bits per heavy atom. The second kappa shape index (κ2) is 7.49. The number of para-hydroxylation sites is 2. The zero-order chi connectivity index (χ0) is 16.9. The third-order valence-corrected chi connectivity index (χ3v) is 4.94. The van der Waals surface area contributed by atoms with Gasteiger partial charge >= 0.3 is 0 Å². The van der Waals surface area contributed by atoms with Gasteiger partial charge in [-0.05, 0) is 36.4 Å². The molecule has 0 aliphatic carbocycles. The number of carbonyl (C=O) groups is 2. The molecule has 1 atom stereocenters. The molecule has 5 nitrogen and oxygen atoms in total. The van der Waals surface area contributed by atoms with Crippen molar-refractivity contribution in [2.24, 2.45) is 0 Å². The van der Waals surface area contributed by atoms with Gasteiger partial charge in [0, 0.05) is 18.3 Å². The molecule has 0 spiro atoms. The third kappa shape index (κ3) is 3.59. The van der Waals surface area contributed by atoms with Gasteiger partial charge in [0.2, 0.25) is 5.91 Å². The Morgan fingerprint density at radius 3 is 2.88 bits per heavy atom. The van der Waals surface area contributed by atoms with Crippen LogP contribution in [0.5, 0.6) is 5.75 Å². The van der Waals surface area contributed by atoms with E-state index in [0.29, 0.717) is 12.2 Å². The van der Waals surface area contributed by atoms with E-state index in [2.05, 4.69) is 11.4 Å². The molecule has 1 aromatic carbocycles. The second-order valence-electron chi connectivity index (χ2n) is 5.63. The monoisotopic (exact) mass is 344 g/mol. The Balaban J connectivity index is 1.70. The lowest BCUT2D eigenvalue weighted by Gasteiger charge is -2.34. The van der Waals surface area contributed by atoms with Crippen LogP contribution in [0.1, 0.15) is 17.7 Å². The number of hydrogen-bond donors (Lipinski definition) is 1. The lowest BCUT2D eigenvalue weighted by Crippen LogP contribution is -2.50. The minimum Gasteiger partial charge on any atom is -0.477 e. The van der Waals surface area contributed by atoms with Gasteiger partial charge in [0.1, 0.15) is 5.75 Å². The zero-order valence-corrected chi connectivity index (χ0v) is 14.3. The summed E-state index contributed by atoms with van der Waals surface area (Å²) in [6, 6.07) is 11.5. The fourth-order valence-corrected chi connectivity index (χ4v) is 3.52. The summed E-state index contributed by atoms with van der Waals surface area (Å²) in [6.07, 6.45) is 1.47. The number of aryl methyl sites for hydroxylation is 1. The fourth-order valence-electron chi connectivity index (χ4n) is 2.77. The average molecular weight is 344 g/mol. The standard InChI is InChI=1S/C18H20N2O3S/c1-19-18(22)16-12-20(14-8-2-3-9-15(14)23-16)17(21)10-4-6-13-7-5-11-24-13/h2-3,5,7-9,11,16H,4,6,10,12H2,1H3,(H,19,22)/t16-/m0/s1. The molecule has 0 fully saturated rings. The van der Waals surface area contributed by atoms with E-state index >= 15 is 0 Å². The largest absolute Gasteiger partial charge is 0.477 e. The van der Waals surface area contributed by atoms with Gasteiger partial charge in [0.15, 0.2) is 6.10 Å². The molecule has 3 rings (SSSR count). The molecule has 1 N–H and O–H groups in total. The molecular formula is C18H20N2O3S. The van der Waals surface area contributed by atoms with Crippen molar-refractivity contribution in [2.45, 2.75) is 25.4 Å². The molecule has 1 aliphatic rings. The van der Waals surface area contributed by atoms with Crippen molar-refractivity contribution in [1.29, 1.82) is 0 Å². The van der Waals surface area contributed by atoms with Gasteiger partial charge in [-0.25, -0.2) is 0 Å². The highest BCUT2D eigenvalue weighted by Crippen LogP contribution is 2.33. The SMILES string of the molecule is CNC(=O)[C@@H]1CN(C(=O)CCCc2cccs2)c2ccccc2O1. The molecule has 126 valence electrons. The highest BCUT2D eigenvalue weighted by molar-refractivity contribution is 7.09. The summed E-state index contributed by atoms with van der Waals surface area (Å²) >= 11 is 1.71. The van der Waals surface area contributed by atoms with Crippen molar-refractivity contribution < 1.29 is 14.3 Å². The van der Waals surface area contributed by atoms with E-state index in [-0.39, 0.29) is 18.4 Å². The molecule has 0 saturated heterocycles. The first-order valence-corrected chi connectivity index (χ1v) is 8.87. The van der Waals surface area contributed by atoms with Crippen LogP contribution >= 0.6 is 11.3 Å². The number of fused-ring (bicyclic) bond motifs is 1. The molecule has 24 heavy (non-hydrogen) atoms. The number of hydrogen-bond acceptors (Lipinski definition) is 4. The lowest BCUT2D eigenvalue weighted by molar-refractivity contribution is -0.127. The fraction of sp³-hybridized carbons (Fsp3) is 0.333. The summed E-state index contributed by atoms with van der Waals surface area (Å²) in [6.45, 7) is 0.245. The normalized spacial score (nSPS) is 16.2. The molecule has 0 unspecified atom stereocenters. The van der Waals surface area contributed by atoms with Crippen LogP contribution < -0.4 is 15.0 Å². The summed E-state index contributed by atoms with van der Waals surface area (Å²) in [4.78, 5) is 27.6. The molecular weight excluding hydrogens is 324 g/mol. The van der Waals surface area contributed by atoms with Crippen molar-refractivity contribution in [3.63, 3.8) is 0 Å². The van der Waals surface area contributed by atoms with Crippen molar-refractivity contribution in [3.8, 4) is 5.75 Å². The van der Waals surface area contributed by atoms with E-state index in [9.17, 15) is 9.59 Å². The number of benzene rings is 1. The van der Waals surface area contributed by atoms with Gasteiger partial charge in [-0.2, -0.15) is 0 Å². The van der Waals surface area contributed by atoms with Gasteiger partial charge in [-0.1, -0.05) is 18.2 Å². The van der Waals surface area contributed by atoms with Gasteiger partial charge in [-0.15, -0.1) is 11.3 Å². The summed E-state index contributed by atoms with van der Waals surface area (Å²) in [5, 5.41) is 4.63. The Morgan fingerprint density at radius 2 is 2.12 bits per heavy atom. The molecule has 6 heteroatoms. The number of nitrogens with one attached hydrogen (secondary N) is 1. The molecule has 2 aromatic rings. The maximum absolute atomic E-state index is 12.7. The van der Waals surface area contributed by atoms with E-state index in [0.717, 1.165) is 18.5 Å². The minimum atomic E-state index is -0.675. The quantitative estimate of drug-likeness (QED) is 0.907. The van der Waals surface area contributed by atoms with Crippen LogP contribution in [0, 0.1) is 0 Å². The van der Waals surface area contributed by atoms with Gasteiger partial charge in [-0.3, -0.25) is 9.59 Å². The van der Waals surface area contributed by atoms with Crippen LogP contribution in [0.4, 0.5) is 5.69 Å². The molecule has 0 saturated carbocycles. The number of likely N-dealkylation sites (N-methyl/N-ethyl adjacent to an activating group) is 1. The highest BCUT2D eigenvalue weighted by atomic mass is 32.1. The topological polar surface area (TPSA) is 58.6 Å². The van der Waals surface area contributed by atoms with E-state index in [1.165, 1.54) is 4.88 Å². The number of nitrogens with zero attached hydrogens (tertiary/aromatic N) is 1. The third-order valence-electron chi connectivity index (χ3n) is 4.01. The van der Waals surface area contributed by atoms with E-state index in [4.69, 9.17) is 4.74 Å². The number of ether oxygens (including phenoxy) is 1. The summed E-state index contributed by atoms with van der Waals surface area (Å²) in [5.41, 5.74) is 0.735. The number of amides is 2. The van der Waals surface area contributed by atoms with Gasteiger partial charge in [0.05, 0.1) is 12.2 Å². The smallest absolute Gasteiger partial charge is 0.262 e. The van der Waals surface area contributed by atoms with E-state index < -0.39 is 6.10 Å². The molecule has 2 heterocycles. The Labute approximate surface area is 145 Å². The Kier molecular flexibility index (Phi) is 5.15. The average Bonchev–Trinajstić information content (AvgIpc) is 3.13. The van der Waals surface area contributed by atoms with Crippen LogP contribution in [-0.4, -0.2) is 31.5 Å². The number of thiophene rings is 1. The molecule has 0 bridgehead atoms. The Bertz CT molecular complexity index is 715. The van der Waals surface area contributed by atoms with Crippen LogP contribution in [0.3, 0.4) is 0 Å². The molecule has 1 aromatic heterocycles. The van der Waals surface area contributed by atoms with Gasteiger partial charge < -0.3 is 15.0 Å². The highest BCUT2D eigenvalue weighted by Gasteiger charge is 2.32. The number of carbonyl (C=O) groups excluding carboxylic acids is 2. The van der Waals surface area contributed by atoms with Crippen molar-refractivity contribution in [1.82, 2.24) is 5.32 Å². The first-order valence-electron chi connectivity index (χ1n) is 7.99. The first-order chi connectivity index (χ1) is 11.7. The van der Waals surface area contributed by atoms with E-state index in [1.54, 1.807) is 29.4 Å². The molecule has 2 amide bonds. The molecule has 1 aliphatic heterocycles. The number of anilines is 1. The predicted octanol–water partition coefficient (Wildman–Crippen LogP) is 2.61. The maximum Gasteiger partial charge on any atom is 0.262 e. The lowest BCUT2D eigenvalue weighted by atomic mass is 10.1. The predicted molar refractivity (Wildman–Crippen MR) is 94.5 cm³/mol. The molecule has 0 radical (unpaired) electrons. The van der Waals surface area contributed by atoms with Gasteiger partial charge in [0.25, 0.3) is 5.91 Å². The van der Waals surface area contributed by atoms with Crippen LogP contribution in [-0.2, 0) is 16.0 Å². The number of rotatable bonds is 5. The summed E-state index contributed by atoms with van der Waals surface area (Å²) in [7, 11) is 1.57.